The first-order chi connectivity index (χ1) is 16.8. The van der Waals surface area contributed by atoms with Gasteiger partial charge in [-0.15, -0.1) is 0 Å². The second kappa shape index (κ2) is 11.8. The molecule has 2 aromatic rings. The first-order valence-corrected chi connectivity index (χ1v) is 12.5. The predicted molar refractivity (Wildman–Crippen MR) is 131 cm³/mol. The van der Waals surface area contributed by atoms with E-state index >= 15 is 0 Å². The van der Waals surface area contributed by atoms with Crippen molar-refractivity contribution in [2.24, 2.45) is 0 Å². The first-order valence-electron chi connectivity index (χ1n) is 12.5. The van der Waals surface area contributed by atoms with Gasteiger partial charge >= 0.3 is 0 Å². The van der Waals surface area contributed by atoms with Crippen LogP contribution in [0.1, 0.15) is 39.2 Å². The Morgan fingerprint density at radius 3 is 2.60 bits per heavy atom. The monoisotopic (exact) mass is 491 g/mol. The third-order valence-corrected chi connectivity index (χ3v) is 6.23. The van der Waals surface area contributed by atoms with Crippen LogP contribution < -0.4 is 4.90 Å². The summed E-state index contributed by atoms with van der Waals surface area (Å²) in [6.07, 6.45) is 1.50. The van der Waals surface area contributed by atoms with Gasteiger partial charge in [0.2, 0.25) is 5.88 Å². The normalized spacial score (nSPS) is 20.1. The van der Waals surface area contributed by atoms with Gasteiger partial charge < -0.3 is 28.7 Å². The molecule has 1 aromatic heterocycles. The van der Waals surface area contributed by atoms with Crippen molar-refractivity contribution in [3.63, 3.8) is 0 Å². The Morgan fingerprint density at radius 1 is 1.20 bits per heavy atom. The van der Waals surface area contributed by atoms with E-state index in [1.807, 2.05) is 20.8 Å². The summed E-state index contributed by atoms with van der Waals surface area (Å²) in [6.45, 7) is 11.2. The number of aliphatic hydroxyl groups is 1. The average molecular weight is 492 g/mol. The lowest BCUT2D eigenvalue weighted by Crippen LogP contribution is -2.41. The van der Waals surface area contributed by atoms with E-state index in [1.54, 1.807) is 12.1 Å². The molecule has 0 bridgehead atoms. The molecular formula is C26H38FN3O5. The van der Waals surface area contributed by atoms with Crippen molar-refractivity contribution < 1.29 is 28.2 Å². The number of aliphatic hydroxyl groups excluding tert-OH is 1. The van der Waals surface area contributed by atoms with Gasteiger partial charge in [-0.05, 0) is 57.9 Å². The molecule has 0 radical (unpaired) electrons. The largest absolute Gasteiger partial charge is 0.389 e. The molecule has 3 heterocycles. The zero-order valence-corrected chi connectivity index (χ0v) is 21.0. The average Bonchev–Trinajstić information content (AvgIpc) is 3.49. The molecule has 0 saturated carbocycles. The fourth-order valence-corrected chi connectivity index (χ4v) is 4.49. The summed E-state index contributed by atoms with van der Waals surface area (Å²) >= 11 is 0. The summed E-state index contributed by atoms with van der Waals surface area (Å²) in [7, 11) is 0. The molecule has 8 nitrogen and oxygen atoms in total. The van der Waals surface area contributed by atoms with Crippen molar-refractivity contribution in [3.05, 3.63) is 35.6 Å². The van der Waals surface area contributed by atoms with Crippen molar-refractivity contribution in [2.45, 2.75) is 58.0 Å². The van der Waals surface area contributed by atoms with Gasteiger partial charge in [0.15, 0.2) is 0 Å². The number of nitrogens with zero attached hydrogens (tertiary/aromatic N) is 3. The molecule has 9 heteroatoms. The number of morpholine rings is 1. The van der Waals surface area contributed by atoms with Crippen LogP contribution in [0, 0.1) is 5.82 Å². The maximum atomic E-state index is 13.6. The maximum Gasteiger partial charge on any atom is 0.232 e. The van der Waals surface area contributed by atoms with Gasteiger partial charge in [-0.25, -0.2) is 4.39 Å². The van der Waals surface area contributed by atoms with Crippen LogP contribution in [0.15, 0.2) is 28.8 Å². The predicted octanol–water partition coefficient (Wildman–Crippen LogP) is 3.47. The number of aromatic nitrogens is 1. The van der Waals surface area contributed by atoms with Gasteiger partial charge in [0.1, 0.15) is 11.5 Å². The van der Waals surface area contributed by atoms with Crippen molar-refractivity contribution >= 4 is 5.88 Å². The minimum absolute atomic E-state index is 0.117. The zero-order valence-electron chi connectivity index (χ0n) is 21.0. The SMILES string of the molecule is CC(C)(C)OCC(O)CN(Cc1c(-c2ccc(F)cc2)noc1N1CCOCC1)CC1CCCO1. The van der Waals surface area contributed by atoms with E-state index < -0.39 is 6.10 Å². The van der Waals surface area contributed by atoms with Crippen LogP contribution >= 0.6 is 0 Å². The lowest BCUT2D eigenvalue weighted by atomic mass is 10.1. The number of anilines is 1. The Balaban J connectivity index is 1.59. The quantitative estimate of drug-likeness (QED) is 0.541. The second-order valence-corrected chi connectivity index (χ2v) is 10.3. The highest BCUT2D eigenvalue weighted by atomic mass is 19.1. The zero-order chi connectivity index (χ0) is 24.8. The summed E-state index contributed by atoms with van der Waals surface area (Å²) in [5.41, 5.74) is 2.07. The number of ether oxygens (including phenoxy) is 3. The van der Waals surface area contributed by atoms with Gasteiger partial charge in [0.05, 0.1) is 43.2 Å². The van der Waals surface area contributed by atoms with Gasteiger partial charge in [0.25, 0.3) is 0 Å². The Bertz CT molecular complexity index is 918. The van der Waals surface area contributed by atoms with E-state index in [-0.39, 0.29) is 24.1 Å². The number of benzene rings is 1. The van der Waals surface area contributed by atoms with Crippen LogP contribution in [0.4, 0.5) is 10.3 Å². The third-order valence-electron chi connectivity index (χ3n) is 6.23. The molecule has 4 rings (SSSR count). The fourth-order valence-electron chi connectivity index (χ4n) is 4.49. The van der Waals surface area contributed by atoms with Crippen LogP contribution in [0.3, 0.4) is 0 Å². The number of hydrogen-bond donors (Lipinski definition) is 1. The Kier molecular flexibility index (Phi) is 8.77. The van der Waals surface area contributed by atoms with E-state index in [0.29, 0.717) is 57.5 Å². The number of halogens is 1. The van der Waals surface area contributed by atoms with Crippen LogP contribution in [-0.2, 0) is 20.8 Å². The smallest absolute Gasteiger partial charge is 0.232 e. The van der Waals surface area contributed by atoms with Gasteiger partial charge in [-0.3, -0.25) is 4.90 Å². The van der Waals surface area contributed by atoms with Crippen LogP contribution in [-0.4, -0.2) is 85.6 Å². The van der Waals surface area contributed by atoms with Gasteiger partial charge in [0, 0.05) is 44.9 Å². The Hall–Kier alpha value is -2.04. The molecule has 2 unspecified atom stereocenters. The lowest BCUT2D eigenvalue weighted by molar-refractivity contribution is -0.0594. The topological polar surface area (TPSA) is 80.4 Å². The van der Waals surface area contributed by atoms with Crippen molar-refractivity contribution in [2.75, 3.05) is 57.5 Å². The Morgan fingerprint density at radius 2 is 1.94 bits per heavy atom. The highest BCUT2D eigenvalue weighted by Crippen LogP contribution is 2.33. The van der Waals surface area contributed by atoms with Crippen molar-refractivity contribution in [1.29, 1.82) is 0 Å². The van der Waals surface area contributed by atoms with Crippen molar-refractivity contribution in [3.8, 4) is 11.3 Å². The summed E-state index contributed by atoms with van der Waals surface area (Å²) in [5, 5.41) is 15.2. The number of hydrogen-bond acceptors (Lipinski definition) is 8. The van der Waals surface area contributed by atoms with Crippen LogP contribution in [0.2, 0.25) is 0 Å². The van der Waals surface area contributed by atoms with E-state index in [1.165, 1.54) is 12.1 Å². The summed E-state index contributed by atoms with van der Waals surface area (Å²) in [4.78, 5) is 4.33. The summed E-state index contributed by atoms with van der Waals surface area (Å²) < 4.78 is 36.7. The lowest BCUT2D eigenvalue weighted by Gasteiger charge is -2.31. The van der Waals surface area contributed by atoms with E-state index in [0.717, 1.165) is 30.6 Å². The summed E-state index contributed by atoms with van der Waals surface area (Å²) in [5.74, 6) is 0.402. The van der Waals surface area contributed by atoms with Gasteiger partial charge in [-0.1, -0.05) is 5.16 Å². The molecule has 0 spiro atoms. The molecule has 194 valence electrons. The standard InChI is InChI=1S/C26H38FN3O5/c1-26(2,3)34-18-21(31)15-29(16-22-5-4-12-33-22)17-23-24(19-6-8-20(27)9-7-19)28-35-25(23)30-10-13-32-14-11-30/h6-9,21-22,31H,4-5,10-18H2,1-3H3. The van der Waals surface area contributed by atoms with Crippen LogP contribution in [0.25, 0.3) is 11.3 Å². The van der Waals surface area contributed by atoms with E-state index in [2.05, 4.69) is 15.0 Å². The molecule has 1 aromatic carbocycles. The Labute approximate surface area is 206 Å². The molecular weight excluding hydrogens is 453 g/mol. The molecule has 2 fully saturated rings. The molecule has 0 aliphatic carbocycles. The molecule has 35 heavy (non-hydrogen) atoms. The molecule has 1 N–H and O–H groups in total. The minimum Gasteiger partial charge on any atom is -0.389 e. The summed E-state index contributed by atoms with van der Waals surface area (Å²) in [6, 6.07) is 6.30. The van der Waals surface area contributed by atoms with E-state index in [9.17, 15) is 9.50 Å². The maximum absolute atomic E-state index is 13.6. The molecule has 2 atom stereocenters. The highest BCUT2D eigenvalue weighted by Gasteiger charge is 2.28. The second-order valence-electron chi connectivity index (χ2n) is 10.3. The van der Waals surface area contributed by atoms with Crippen molar-refractivity contribution in [1.82, 2.24) is 10.1 Å². The minimum atomic E-state index is -0.656. The van der Waals surface area contributed by atoms with E-state index in [4.69, 9.17) is 18.7 Å². The molecule has 2 aliphatic heterocycles. The third kappa shape index (κ3) is 7.47. The molecule has 0 amide bonds. The fraction of sp³-hybridized carbons (Fsp3) is 0.654. The first kappa shape index (κ1) is 26.0. The van der Waals surface area contributed by atoms with Crippen LogP contribution in [0.5, 0.6) is 0 Å². The number of rotatable bonds is 10. The highest BCUT2D eigenvalue weighted by molar-refractivity contribution is 5.68. The van der Waals surface area contributed by atoms with Gasteiger partial charge in [-0.2, -0.15) is 0 Å². The molecule has 2 saturated heterocycles. The molecule has 2 aliphatic rings.